The maximum Gasteiger partial charge on any atom is 0.410 e. The van der Waals surface area contributed by atoms with Crippen LogP contribution < -0.4 is 5.01 Å². The molecule has 0 aliphatic carbocycles. The van der Waals surface area contributed by atoms with Crippen molar-refractivity contribution in [2.24, 2.45) is 0 Å². The minimum atomic E-state index is -0.470. The number of anilines is 1. The average molecular weight is 442 g/mol. The highest BCUT2D eigenvalue weighted by Crippen LogP contribution is 2.31. The second kappa shape index (κ2) is 9.01. The van der Waals surface area contributed by atoms with E-state index in [1.54, 1.807) is 27.4 Å². The number of benzene rings is 1. The first-order chi connectivity index (χ1) is 14.9. The van der Waals surface area contributed by atoms with Gasteiger partial charge in [-0.25, -0.2) is 9.78 Å². The fourth-order valence-electron chi connectivity index (χ4n) is 3.52. The number of ether oxygens (including phenoxy) is 1. The second-order valence-electron chi connectivity index (χ2n) is 8.54. The van der Waals surface area contributed by atoms with Crippen molar-refractivity contribution in [2.75, 3.05) is 18.1 Å². The van der Waals surface area contributed by atoms with Crippen LogP contribution in [0.15, 0.2) is 42.0 Å². The molecule has 164 valence electrons. The summed E-state index contributed by atoms with van der Waals surface area (Å²) in [5, 5.41) is 16.8. The largest absolute Gasteiger partial charge is 0.444 e. The summed E-state index contributed by atoms with van der Waals surface area (Å²) >= 11 is 1.68. The Morgan fingerprint density at radius 3 is 2.61 bits per heavy atom. The van der Waals surface area contributed by atoms with E-state index in [2.05, 4.69) is 20.9 Å². The molecule has 1 aliphatic rings. The number of thiazole rings is 1. The summed E-state index contributed by atoms with van der Waals surface area (Å²) in [7, 11) is 0. The Hall–Kier alpha value is -3.01. The van der Waals surface area contributed by atoms with Gasteiger partial charge in [0.1, 0.15) is 5.60 Å². The Morgan fingerprint density at radius 1 is 1.23 bits per heavy atom. The summed E-state index contributed by atoms with van der Waals surface area (Å²) in [6.07, 6.45) is 3.13. The van der Waals surface area contributed by atoms with Gasteiger partial charge in [0.15, 0.2) is 6.33 Å². The molecule has 2 aromatic heterocycles. The quantitative estimate of drug-likeness (QED) is 0.596. The van der Waals surface area contributed by atoms with E-state index in [1.165, 1.54) is 0 Å². The maximum absolute atomic E-state index is 12.3. The fraction of sp³-hybridized carbons (Fsp3) is 0.476. The molecular weight excluding hydrogens is 414 g/mol. The van der Waals surface area contributed by atoms with Crippen molar-refractivity contribution in [2.45, 2.75) is 51.7 Å². The number of nitrogens with zero attached hydrogens (tertiary/aromatic N) is 7. The van der Waals surface area contributed by atoms with Gasteiger partial charge in [0.05, 0.1) is 22.9 Å². The van der Waals surface area contributed by atoms with Crippen molar-refractivity contribution in [1.29, 1.82) is 0 Å². The van der Waals surface area contributed by atoms with Crippen LogP contribution in [0.4, 0.5) is 10.5 Å². The van der Waals surface area contributed by atoms with Crippen LogP contribution in [0.3, 0.4) is 0 Å². The first-order valence-electron chi connectivity index (χ1n) is 10.4. The molecule has 1 fully saturated rings. The van der Waals surface area contributed by atoms with Crippen LogP contribution in [0.5, 0.6) is 0 Å². The van der Waals surface area contributed by atoms with Gasteiger partial charge in [0.2, 0.25) is 0 Å². The zero-order valence-corrected chi connectivity index (χ0v) is 18.8. The molecule has 4 rings (SSSR count). The number of para-hydroxylation sites is 1. The van der Waals surface area contributed by atoms with Crippen molar-refractivity contribution in [3.8, 4) is 0 Å². The van der Waals surface area contributed by atoms with Gasteiger partial charge in [-0.05, 0) is 56.2 Å². The van der Waals surface area contributed by atoms with Crippen LogP contribution in [0.25, 0.3) is 0 Å². The Morgan fingerprint density at radius 2 is 1.97 bits per heavy atom. The number of tetrazole rings is 1. The highest BCUT2D eigenvalue weighted by Gasteiger charge is 2.29. The lowest BCUT2D eigenvalue weighted by Gasteiger charge is -2.32. The van der Waals surface area contributed by atoms with E-state index in [0.717, 1.165) is 29.2 Å². The van der Waals surface area contributed by atoms with E-state index in [1.807, 2.05) is 56.1 Å². The minimum absolute atomic E-state index is 0.231. The topological polar surface area (TPSA) is 89.3 Å². The number of carbonyl (C=O) groups is 1. The molecule has 10 heteroatoms. The van der Waals surface area contributed by atoms with Gasteiger partial charge in [0.25, 0.3) is 0 Å². The summed E-state index contributed by atoms with van der Waals surface area (Å²) in [6.45, 7) is 7.61. The number of aromatic nitrogens is 5. The predicted molar refractivity (Wildman–Crippen MR) is 118 cm³/mol. The van der Waals surface area contributed by atoms with Crippen LogP contribution in [-0.4, -0.2) is 55.0 Å². The molecule has 3 aromatic rings. The van der Waals surface area contributed by atoms with Gasteiger partial charge >= 0.3 is 6.09 Å². The van der Waals surface area contributed by atoms with E-state index in [-0.39, 0.29) is 6.09 Å². The molecule has 0 atom stereocenters. The Balaban J connectivity index is 1.40. The summed E-state index contributed by atoms with van der Waals surface area (Å²) in [4.78, 5) is 20.6. The number of rotatable bonds is 5. The summed E-state index contributed by atoms with van der Waals surface area (Å²) in [5.41, 5.74) is 1.48. The van der Waals surface area contributed by atoms with Crippen molar-refractivity contribution in [3.63, 3.8) is 0 Å². The van der Waals surface area contributed by atoms with E-state index in [9.17, 15) is 4.79 Å². The molecule has 0 unspecified atom stereocenters. The second-order valence-corrected chi connectivity index (χ2v) is 9.43. The molecular formula is C21H27N7O2S. The highest BCUT2D eigenvalue weighted by molar-refractivity contribution is 7.09. The third-order valence-electron chi connectivity index (χ3n) is 5.02. The predicted octanol–water partition coefficient (Wildman–Crippen LogP) is 3.71. The van der Waals surface area contributed by atoms with Gasteiger partial charge in [-0.3, -0.25) is 5.01 Å². The van der Waals surface area contributed by atoms with Crippen molar-refractivity contribution < 1.29 is 9.53 Å². The normalized spacial score (nSPS) is 15.1. The molecule has 1 saturated heterocycles. The van der Waals surface area contributed by atoms with Crippen LogP contribution in [0.1, 0.15) is 50.2 Å². The number of likely N-dealkylation sites (tertiary alicyclic amines) is 1. The smallest absolute Gasteiger partial charge is 0.410 e. The van der Waals surface area contributed by atoms with Gasteiger partial charge < -0.3 is 9.64 Å². The summed E-state index contributed by atoms with van der Waals surface area (Å²) in [6, 6.07) is 9.98. The Bertz CT molecular complexity index is 977. The van der Waals surface area contributed by atoms with E-state index >= 15 is 0 Å². The third-order valence-corrected chi connectivity index (χ3v) is 6.07. The summed E-state index contributed by atoms with van der Waals surface area (Å²) < 4.78 is 5.49. The Kier molecular flexibility index (Phi) is 6.17. The highest BCUT2D eigenvalue weighted by atomic mass is 32.1. The molecule has 9 nitrogen and oxygen atoms in total. The Labute approximate surface area is 185 Å². The molecule has 3 heterocycles. The van der Waals surface area contributed by atoms with Crippen molar-refractivity contribution >= 4 is 23.1 Å². The third kappa shape index (κ3) is 5.38. The van der Waals surface area contributed by atoms with Crippen molar-refractivity contribution in [3.05, 3.63) is 52.7 Å². The SMILES string of the molecule is CC(C)(C)OC(=O)N1CCC(c2nc(CN(c3ccccc3)n3cnnn3)cs2)CC1. The van der Waals surface area contributed by atoms with Gasteiger partial charge in [-0.1, -0.05) is 18.2 Å². The monoisotopic (exact) mass is 441 g/mol. The number of carbonyl (C=O) groups excluding carboxylic acids is 1. The lowest BCUT2D eigenvalue weighted by molar-refractivity contribution is 0.0205. The first-order valence-corrected chi connectivity index (χ1v) is 11.2. The van der Waals surface area contributed by atoms with Crippen LogP contribution in [0, 0.1) is 0 Å². The van der Waals surface area contributed by atoms with Gasteiger partial charge in [0, 0.05) is 24.4 Å². The maximum atomic E-state index is 12.3. The van der Waals surface area contributed by atoms with Crippen LogP contribution in [0.2, 0.25) is 0 Å². The van der Waals surface area contributed by atoms with Gasteiger partial charge in [-0.2, -0.15) is 0 Å². The lowest BCUT2D eigenvalue weighted by Crippen LogP contribution is -2.41. The zero-order valence-electron chi connectivity index (χ0n) is 18.0. The molecule has 0 saturated carbocycles. The summed E-state index contributed by atoms with van der Waals surface area (Å²) in [5.74, 6) is 0.357. The van der Waals surface area contributed by atoms with Crippen LogP contribution in [-0.2, 0) is 11.3 Å². The van der Waals surface area contributed by atoms with Gasteiger partial charge in [-0.15, -0.1) is 21.2 Å². The molecule has 31 heavy (non-hydrogen) atoms. The van der Waals surface area contributed by atoms with Crippen LogP contribution >= 0.6 is 11.3 Å². The first kappa shape index (κ1) is 21.2. The molecule has 0 radical (unpaired) electrons. The molecule has 0 spiro atoms. The zero-order chi connectivity index (χ0) is 21.8. The molecule has 0 N–H and O–H groups in total. The van der Waals surface area contributed by atoms with E-state index in [4.69, 9.17) is 9.72 Å². The number of hydrogen-bond acceptors (Lipinski definition) is 8. The number of hydrogen-bond donors (Lipinski definition) is 0. The number of piperidine rings is 1. The number of amides is 1. The molecule has 1 aromatic carbocycles. The van der Waals surface area contributed by atoms with Crippen molar-refractivity contribution in [1.82, 2.24) is 30.2 Å². The molecule has 1 aliphatic heterocycles. The molecule has 0 bridgehead atoms. The van der Waals surface area contributed by atoms with E-state index < -0.39 is 5.60 Å². The lowest BCUT2D eigenvalue weighted by atomic mass is 9.98. The molecule has 1 amide bonds. The standard InChI is InChI=1S/C21H27N7O2S/c1-21(2,3)30-20(29)26-11-9-16(10-12-26)19-23-17(14-31-19)13-27(28-15-22-24-25-28)18-7-5-4-6-8-18/h4-8,14-16H,9-13H2,1-3H3. The average Bonchev–Trinajstić information content (AvgIpc) is 3.44. The minimum Gasteiger partial charge on any atom is -0.444 e. The van der Waals surface area contributed by atoms with E-state index in [0.29, 0.717) is 25.6 Å². The fourth-order valence-corrected chi connectivity index (χ4v) is 4.50.